The van der Waals surface area contributed by atoms with Crippen molar-refractivity contribution in [2.75, 3.05) is 7.11 Å². The van der Waals surface area contributed by atoms with Crippen LogP contribution in [0.5, 0.6) is 0 Å². The molecule has 0 radical (unpaired) electrons. The molecular weight excluding hydrogens is 319 g/mol. The van der Waals surface area contributed by atoms with Crippen molar-refractivity contribution in [2.45, 2.75) is 17.3 Å². The van der Waals surface area contributed by atoms with Gasteiger partial charge in [0.15, 0.2) is 0 Å². The molecule has 0 aliphatic heterocycles. The summed E-state index contributed by atoms with van der Waals surface area (Å²) in [5.74, 6) is 0. The molecule has 0 N–H and O–H groups in total. The van der Waals surface area contributed by atoms with E-state index in [9.17, 15) is 7.67 Å². The Morgan fingerprint density at radius 3 is 2.35 bits per heavy atom. The van der Waals surface area contributed by atoms with E-state index in [1.807, 2.05) is 30.3 Å². The molecule has 1 aliphatic carbocycles. The van der Waals surface area contributed by atoms with Crippen LogP contribution in [0.1, 0.15) is 17.2 Å². The predicted molar refractivity (Wildman–Crippen MR) is 76.8 cm³/mol. The van der Waals surface area contributed by atoms with Gasteiger partial charge in [-0.2, -0.15) is 0 Å². The van der Waals surface area contributed by atoms with Crippen LogP contribution in [0, 0.1) is 0 Å². The summed E-state index contributed by atoms with van der Waals surface area (Å²) in [5.41, 5.74) is 2.08. The normalized spacial score (nSPS) is 21.6. The number of hydrogen-bond acceptors (Lipinski definition) is 3. The van der Waals surface area contributed by atoms with Crippen molar-refractivity contribution in [1.82, 2.24) is 0 Å². The summed E-state index contributed by atoms with van der Waals surface area (Å²) in [6.45, 7) is 0. The van der Waals surface area contributed by atoms with Crippen molar-refractivity contribution < 1.29 is 12.4 Å². The van der Waals surface area contributed by atoms with Crippen LogP contribution in [-0.4, -0.2) is 19.8 Å². The van der Waals surface area contributed by atoms with Crippen molar-refractivity contribution in [3.8, 4) is 0 Å². The van der Waals surface area contributed by atoms with Gasteiger partial charge in [0, 0.05) is 0 Å². The number of fused-ring (bicyclic) bond motifs is 1. The quantitative estimate of drug-likeness (QED) is 0.810. The fourth-order valence-electron chi connectivity index (χ4n) is 2.86. The van der Waals surface area contributed by atoms with Crippen molar-refractivity contribution in [2.24, 2.45) is 0 Å². The molecule has 0 saturated carbocycles. The Balaban J connectivity index is 2.04. The average molecular weight is 335 g/mol. The van der Waals surface area contributed by atoms with Gasteiger partial charge in [-0.15, -0.1) is 0 Å². The van der Waals surface area contributed by atoms with Gasteiger partial charge < -0.3 is 0 Å². The number of rotatable bonds is 3. The Bertz CT molecular complexity index is 708. The van der Waals surface area contributed by atoms with Gasteiger partial charge in [-0.05, 0) is 0 Å². The van der Waals surface area contributed by atoms with Gasteiger partial charge in [-0.25, -0.2) is 0 Å². The third-order valence-electron chi connectivity index (χ3n) is 3.84. The molecule has 2 atom stereocenters. The molecular formula is C16H16O3Se. The third-order valence-corrected chi connectivity index (χ3v) is 8.33. The van der Waals surface area contributed by atoms with Crippen LogP contribution in [0.25, 0.3) is 0 Å². The van der Waals surface area contributed by atoms with Crippen LogP contribution in [-0.2, 0) is 18.8 Å². The zero-order valence-electron chi connectivity index (χ0n) is 11.2. The fourth-order valence-corrected chi connectivity index (χ4v) is 6.78. The first-order chi connectivity index (χ1) is 9.64. The van der Waals surface area contributed by atoms with Crippen molar-refractivity contribution in [3.05, 3.63) is 65.7 Å². The molecule has 2 aromatic rings. The van der Waals surface area contributed by atoms with Crippen LogP contribution in [0.15, 0.2) is 54.6 Å². The Labute approximate surface area is 120 Å². The molecule has 4 heteroatoms. The molecule has 0 bridgehead atoms. The first kappa shape index (κ1) is 13.5. The first-order valence-corrected chi connectivity index (χ1v) is 9.78. The van der Waals surface area contributed by atoms with E-state index in [1.165, 1.54) is 0 Å². The number of hydrogen-bond donors (Lipinski definition) is 0. The molecule has 0 saturated heterocycles. The minimum absolute atomic E-state index is 0.360. The summed E-state index contributed by atoms with van der Waals surface area (Å²) < 4.78 is 31.7. The van der Waals surface area contributed by atoms with E-state index in [-0.39, 0.29) is 6.10 Å². The number of methoxy groups -OCH3 is 1. The van der Waals surface area contributed by atoms with Crippen LogP contribution in [0.2, 0.25) is 4.82 Å². The minimum atomic E-state index is -4.26. The number of benzene rings is 2. The summed E-state index contributed by atoms with van der Waals surface area (Å²) in [6.07, 6.45) is 0.178. The third kappa shape index (κ3) is 2.10. The summed E-state index contributed by atoms with van der Waals surface area (Å²) in [6, 6.07) is 16.5. The molecule has 20 heavy (non-hydrogen) atoms. The maximum atomic E-state index is 12.9. The summed E-state index contributed by atoms with van der Waals surface area (Å²) in [5, 5.41) is 0. The van der Waals surface area contributed by atoms with Gasteiger partial charge in [-0.3, -0.25) is 0 Å². The van der Waals surface area contributed by atoms with E-state index in [2.05, 4.69) is 0 Å². The van der Waals surface area contributed by atoms with Gasteiger partial charge in [0.25, 0.3) is 0 Å². The molecule has 0 aromatic heterocycles. The van der Waals surface area contributed by atoms with E-state index < -0.39 is 17.5 Å². The molecule has 2 aromatic carbocycles. The van der Waals surface area contributed by atoms with Crippen molar-refractivity contribution in [1.29, 1.82) is 0 Å². The van der Waals surface area contributed by atoms with E-state index >= 15 is 0 Å². The average Bonchev–Trinajstić information content (AvgIpc) is 2.87. The molecule has 0 fully saturated rings. The fraction of sp³-hybridized carbons (Fsp3) is 0.250. The van der Waals surface area contributed by atoms with Crippen molar-refractivity contribution >= 4 is 17.2 Å². The standard InChI is InChI=1S/C16H16O3Se/c1-19-16-14-10-6-5-7-12(14)11-15(16)20(17,18)13-8-3-2-4-9-13/h2-10,15-16H,11H2,1H3/t15-,16-/m0/s1. The first-order valence-electron chi connectivity index (χ1n) is 6.54. The molecule has 1 aliphatic rings. The van der Waals surface area contributed by atoms with E-state index in [0.29, 0.717) is 10.9 Å². The Morgan fingerprint density at radius 2 is 1.65 bits per heavy atom. The Kier molecular flexibility index (Phi) is 3.46. The summed E-state index contributed by atoms with van der Waals surface area (Å²) in [7, 11) is 1.58. The van der Waals surface area contributed by atoms with E-state index in [0.717, 1.165) is 11.1 Å². The van der Waals surface area contributed by atoms with E-state index in [4.69, 9.17) is 4.74 Å². The van der Waals surface area contributed by atoms with Gasteiger partial charge >= 0.3 is 120 Å². The Hall–Kier alpha value is -1.48. The monoisotopic (exact) mass is 336 g/mol. The molecule has 0 heterocycles. The Morgan fingerprint density at radius 1 is 1.00 bits per heavy atom. The summed E-state index contributed by atoms with van der Waals surface area (Å²) in [4.78, 5) is -0.476. The SMILES string of the molecule is CO[C@H]1c2ccccc2C[C@@H]1[Se](=O)(=O)c1ccccc1. The topological polar surface area (TPSA) is 43.4 Å². The van der Waals surface area contributed by atoms with Crippen molar-refractivity contribution in [3.63, 3.8) is 0 Å². The summed E-state index contributed by atoms with van der Waals surface area (Å²) >= 11 is -4.26. The second-order valence-electron chi connectivity index (χ2n) is 4.96. The van der Waals surface area contributed by atoms with Crippen LogP contribution >= 0.6 is 0 Å². The van der Waals surface area contributed by atoms with Gasteiger partial charge in [0.2, 0.25) is 0 Å². The van der Waals surface area contributed by atoms with Gasteiger partial charge in [0.1, 0.15) is 0 Å². The van der Waals surface area contributed by atoms with Gasteiger partial charge in [-0.1, -0.05) is 0 Å². The molecule has 3 nitrogen and oxygen atoms in total. The van der Waals surface area contributed by atoms with Crippen LogP contribution in [0.4, 0.5) is 0 Å². The second kappa shape index (κ2) is 5.13. The predicted octanol–water partition coefficient (Wildman–Crippen LogP) is 2.51. The van der Waals surface area contributed by atoms with Gasteiger partial charge in [0.05, 0.1) is 0 Å². The van der Waals surface area contributed by atoms with Crippen LogP contribution in [0.3, 0.4) is 0 Å². The molecule has 104 valence electrons. The zero-order valence-corrected chi connectivity index (χ0v) is 12.9. The zero-order chi connectivity index (χ0) is 14.2. The van der Waals surface area contributed by atoms with E-state index in [1.54, 1.807) is 31.4 Å². The molecule has 0 spiro atoms. The molecule has 0 unspecified atom stereocenters. The van der Waals surface area contributed by atoms with Crippen LogP contribution < -0.4 is 4.46 Å². The second-order valence-corrected chi connectivity index (χ2v) is 9.50. The molecule has 3 rings (SSSR count). The maximum absolute atomic E-state index is 12.9. The number of ether oxygens (including phenoxy) is 1. The molecule has 0 amide bonds.